The van der Waals surface area contributed by atoms with E-state index in [9.17, 15) is 9.18 Å². The molecular weight excluding hydrogens is 255 g/mol. The summed E-state index contributed by atoms with van der Waals surface area (Å²) < 4.78 is 12.7. The minimum absolute atomic E-state index is 0.227. The molecule has 1 amide bonds. The molecule has 1 heterocycles. The summed E-state index contributed by atoms with van der Waals surface area (Å²) in [5, 5.41) is 2.89. The molecule has 0 saturated carbocycles. The number of anilines is 1. The van der Waals surface area contributed by atoms with Crippen LogP contribution in [0, 0.1) is 12.7 Å². The van der Waals surface area contributed by atoms with Gasteiger partial charge in [-0.3, -0.25) is 4.79 Å². The Morgan fingerprint density at radius 2 is 1.94 bits per heavy atom. The third-order valence-electron chi connectivity index (χ3n) is 2.46. The van der Waals surface area contributed by atoms with Gasteiger partial charge in [0.05, 0.1) is 5.69 Å². The number of carbonyl (C=O) groups is 1. The Bertz CT molecular complexity index is 564. The molecule has 0 saturated heterocycles. The SMILES string of the molecule is Cc1ccnc(Cl)c1NC(=O)c1ccc(F)cc1. The van der Waals surface area contributed by atoms with Gasteiger partial charge in [-0.25, -0.2) is 9.37 Å². The molecule has 18 heavy (non-hydrogen) atoms. The lowest BCUT2D eigenvalue weighted by atomic mass is 10.2. The van der Waals surface area contributed by atoms with E-state index in [0.29, 0.717) is 11.3 Å². The molecule has 3 nitrogen and oxygen atoms in total. The van der Waals surface area contributed by atoms with Crippen LogP contribution in [0.15, 0.2) is 36.5 Å². The van der Waals surface area contributed by atoms with Crippen molar-refractivity contribution in [2.45, 2.75) is 6.92 Å². The van der Waals surface area contributed by atoms with Crippen molar-refractivity contribution in [2.75, 3.05) is 5.32 Å². The highest BCUT2D eigenvalue weighted by molar-refractivity contribution is 6.32. The number of carbonyl (C=O) groups excluding carboxylic acids is 1. The van der Waals surface area contributed by atoms with Gasteiger partial charge in [0.2, 0.25) is 0 Å². The third-order valence-corrected chi connectivity index (χ3v) is 2.74. The predicted molar refractivity (Wildman–Crippen MR) is 68.3 cm³/mol. The lowest BCUT2D eigenvalue weighted by molar-refractivity contribution is 0.102. The van der Waals surface area contributed by atoms with Crippen LogP contribution in [0.5, 0.6) is 0 Å². The van der Waals surface area contributed by atoms with E-state index in [1.54, 1.807) is 12.3 Å². The van der Waals surface area contributed by atoms with Gasteiger partial charge in [-0.1, -0.05) is 11.6 Å². The van der Waals surface area contributed by atoms with Crippen LogP contribution >= 0.6 is 11.6 Å². The minimum atomic E-state index is -0.387. The Labute approximate surface area is 109 Å². The van der Waals surface area contributed by atoms with Gasteiger partial charge in [-0.15, -0.1) is 0 Å². The number of rotatable bonds is 2. The average molecular weight is 265 g/mol. The Hall–Kier alpha value is -1.94. The van der Waals surface area contributed by atoms with Crippen molar-refractivity contribution in [1.82, 2.24) is 4.98 Å². The third kappa shape index (κ3) is 2.65. The molecule has 5 heteroatoms. The molecule has 2 rings (SSSR count). The van der Waals surface area contributed by atoms with E-state index in [2.05, 4.69) is 10.3 Å². The van der Waals surface area contributed by atoms with Crippen molar-refractivity contribution >= 4 is 23.2 Å². The van der Waals surface area contributed by atoms with Crippen molar-refractivity contribution in [3.63, 3.8) is 0 Å². The quantitative estimate of drug-likeness (QED) is 0.845. The average Bonchev–Trinajstić information content (AvgIpc) is 2.34. The lowest BCUT2D eigenvalue weighted by Crippen LogP contribution is -2.13. The van der Waals surface area contributed by atoms with Gasteiger partial charge in [0.25, 0.3) is 5.91 Å². The van der Waals surface area contributed by atoms with Gasteiger partial charge in [0.15, 0.2) is 5.15 Å². The van der Waals surface area contributed by atoms with Crippen LogP contribution in [0.3, 0.4) is 0 Å². The van der Waals surface area contributed by atoms with Crippen LogP contribution in [-0.4, -0.2) is 10.9 Å². The van der Waals surface area contributed by atoms with Crippen molar-refractivity contribution < 1.29 is 9.18 Å². The molecule has 0 aliphatic carbocycles. The van der Waals surface area contributed by atoms with Gasteiger partial charge >= 0.3 is 0 Å². The van der Waals surface area contributed by atoms with Crippen LogP contribution in [-0.2, 0) is 0 Å². The van der Waals surface area contributed by atoms with Crippen LogP contribution in [0.1, 0.15) is 15.9 Å². The zero-order valence-corrected chi connectivity index (χ0v) is 10.3. The Morgan fingerprint density at radius 3 is 2.56 bits per heavy atom. The Morgan fingerprint density at radius 1 is 1.28 bits per heavy atom. The number of hydrogen-bond acceptors (Lipinski definition) is 2. The van der Waals surface area contributed by atoms with Gasteiger partial charge in [-0.2, -0.15) is 0 Å². The van der Waals surface area contributed by atoms with Crippen molar-refractivity contribution in [2.24, 2.45) is 0 Å². The number of nitrogens with zero attached hydrogens (tertiary/aromatic N) is 1. The fraction of sp³-hybridized carbons (Fsp3) is 0.0769. The number of hydrogen-bond donors (Lipinski definition) is 1. The molecule has 0 aliphatic rings. The maximum Gasteiger partial charge on any atom is 0.255 e. The predicted octanol–water partition coefficient (Wildman–Crippen LogP) is 3.43. The number of aromatic nitrogens is 1. The summed E-state index contributed by atoms with van der Waals surface area (Å²) in [6.45, 7) is 1.81. The van der Waals surface area contributed by atoms with Gasteiger partial charge in [-0.05, 0) is 42.8 Å². The summed E-state index contributed by atoms with van der Waals surface area (Å²) in [5.41, 5.74) is 1.63. The summed E-state index contributed by atoms with van der Waals surface area (Å²) in [4.78, 5) is 15.8. The van der Waals surface area contributed by atoms with E-state index < -0.39 is 0 Å². The molecule has 0 unspecified atom stereocenters. The molecule has 0 spiro atoms. The standard InChI is InChI=1S/C13H10ClFN2O/c1-8-6-7-16-12(14)11(8)17-13(18)9-2-4-10(15)5-3-9/h2-7H,1H3,(H,17,18). The fourth-order valence-corrected chi connectivity index (χ4v) is 1.71. The van der Waals surface area contributed by atoms with E-state index in [-0.39, 0.29) is 16.9 Å². The topological polar surface area (TPSA) is 42.0 Å². The first-order valence-corrected chi connectivity index (χ1v) is 5.64. The largest absolute Gasteiger partial charge is 0.319 e. The maximum absolute atomic E-state index is 12.7. The van der Waals surface area contributed by atoms with Crippen LogP contribution < -0.4 is 5.32 Å². The van der Waals surface area contributed by atoms with E-state index in [4.69, 9.17) is 11.6 Å². The molecule has 1 N–H and O–H groups in total. The highest BCUT2D eigenvalue weighted by Gasteiger charge is 2.11. The number of aryl methyl sites for hydroxylation is 1. The Kier molecular flexibility index (Phi) is 3.58. The summed E-state index contributed by atoms with van der Waals surface area (Å²) in [6.07, 6.45) is 1.56. The first-order chi connectivity index (χ1) is 8.58. The summed E-state index contributed by atoms with van der Waals surface area (Å²) in [6, 6.07) is 7.01. The number of amides is 1. The van der Waals surface area contributed by atoms with Crippen molar-refractivity contribution in [1.29, 1.82) is 0 Å². The molecule has 0 fully saturated rings. The Balaban J connectivity index is 2.24. The molecule has 0 bridgehead atoms. The van der Waals surface area contributed by atoms with Gasteiger partial charge < -0.3 is 5.32 Å². The number of benzene rings is 1. The molecule has 92 valence electrons. The van der Waals surface area contributed by atoms with Crippen LogP contribution in [0.4, 0.5) is 10.1 Å². The molecular formula is C13H10ClFN2O. The van der Waals surface area contributed by atoms with Crippen LogP contribution in [0.25, 0.3) is 0 Å². The van der Waals surface area contributed by atoms with Gasteiger partial charge in [0, 0.05) is 11.8 Å². The first kappa shape index (κ1) is 12.5. The highest BCUT2D eigenvalue weighted by atomic mass is 35.5. The van der Waals surface area contributed by atoms with E-state index in [0.717, 1.165) is 5.56 Å². The first-order valence-electron chi connectivity index (χ1n) is 5.26. The fourth-order valence-electron chi connectivity index (χ4n) is 1.46. The summed E-state index contributed by atoms with van der Waals surface area (Å²) >= 11 is 5.90. The zero-order valence-electron chi connectivity index (χ0n) is 9.58. The zero-order chi connectivity index (χ0) is 13.1. The molecule has 1 aromatic heterocycles. The van der Waals surface area contributed by atoms with Crippen molar-refractivity contribution in [3.05, 3.63) is 58.6 Å². The monoisotopic (exact) mass is 264 g/mol. The lowest BCUT2D eigenvalue weighted by Gasteiger charge is -2.09. The summed E-state index contributed by atoms with van der Waals surface area (Å²) in [5.74, 6) is -0.741. The van der Waals surface area contributed by atoms with Crippen molar-refractivity contribution in [3.8, 4) is 0 Å². The number of nitrogens with one attached hydrogen (secondary N) is 1. The molecule has 0 aliphatic heterocycles. The molecule has 0 radical (unpaired) electrons. The van der Waals surface area contributed by atoms with Crippen LogP contribution in [0.2, 0.25) is 5.15 Å². The summed E-state index contributed by atoms with van der Waals surface area (Å²) in [7, 11) is 0. The van der Waals surface area contributed by atoms with E-state index in [1.807, 2.05) is 6.92 Å². The smallest absolute Gasteiger partial charge is 0.255 e. The van der Waals surface area contributed by atoms with E-state index in [1.165, 1.54) is 24.3 Å². The normalized spacial score (nSPS) is 10.2. The molecule has 0 atom stereocenters. The second-order valence-electron chi connectivity index (χ2n) is 3.75. The van der Waals surface area contributed by atoms with E-state index >= 15 is 0 Å². The second kappa shape index (κ2) is 5.14. The highest BCUT2D eigenvalue weighted by Crippen LogP contribution is 2.23. The number of pyridine rings is 1. The number of halogens is 2. The maximum atomic E-state index is 12.7. The minimum Gasteiger partial charge on any atom is -0.319 e. The second-order valence-corrected chi connectivity index (χ2v) is 4.11. The van der Waals surface area contributed by atoms with Gasteiger partial charge in [0.1, 0.15) is 5.82 Å². The molecule has 2 aromatic rings. The molecule has 1 aromatic carbocycles.